The van der Waals surface area contributed by atoms with Crippen LogP contribution in [0.2, 0.25) is 0 Å². The van der Waals surface area contributed by atoms with Crippen LogP contribution >= 0.6 is 11.8 Å². The molecule has 1 aromatic rings. The Balaban J connectivity index is 1.81. The van der Waals surface area contributed by atoms with Crippen molar-refractivity contribution in [1.82, 2.24) is 9.80 Å². The molecule has 0 unspecified atom stereocenters. The Morgan fingerprint density at radius 3 is 1.89 bits per heavy atom. The number of carbonyl (C=O) groups is 3. The van der Waals surface area contributed by atoms with Gasteiger partial charge in [-0.3, -0.25) is 19.3 Å². The second-order valence-electron chi connectivity index (χ2n) is 9.48. The number of carbonyl (C=O) groups excluding carboxylic acids is 3. The van der Waals surface area contributed by atoms with Gasteiger partial charge in [0, 0.05) is 18.7 Å². The fraction of sp³-hybridized carbons (Fsp3) is 0.571. The average Bonchev–Trinajstić information content (AvgIpc) is 2.83. The van der Waals surface area contributed by atoms with Gasteiger partial charge in [0.25, 0.3) is 11.1 Å². The molecule has 2 saturated heterocycles. The second-order valence-corrected chi connectivity index (χ2v) is 10.4. The quantitative estimate of drug-likeness (QED) is 0.773. The van der Waals surface area contributed by atoms with Gasteiger partial charge in [0.15, 0.2) is 0 Å². The highest BCUT2D eigenvalue weighted by Crippen LogP contribution is 2.32. The molecule has 146 valence electrons. The molecule has 2 aliphatic rings. The topological polar surface area (TPSA) is 57.7 Å². The van der Waals surface area contributed by atoms with Crippen LogP contribution in [0.5, 0.6) is 0 Å². The Labute approximate surface area is 165 Å². The van der Waals surface area contributed by atoms with E-state index in [1.165, 1.54) is 4.90 Å². The molecule has 2 aliphatic heterocycles. The molecule has 0 saturated carbocycles. The van der Waals surface area contributed by atoms with Gasteiger partial charge in [-0.1, -0.05) is 59.4 Å². The molecule has 27 heavy (non-hydrogen) atoms. The van der Waals surface area contributed by atoms with E-state index in [0.29, 0.717) is 18.7 Å². The van der Waals surface area contributed by atoms with Crippen molar-refractivity contribution in [2.75, 3.05) is 18.8 Å². The van der Waals surface area contributed by atoms with E-state index in [1.807, 2.05) is 12.1 Å². The molecule has 0 bridgehead atoms. The number of rotatable bonds is 2. The molecule has 1 aromatic carbocycles. The fourth-order valence-electron chi connectivity index (χ4n) is 3.30. The van der Waals surface area contributed by atoms with Crippen molar-refractivity contribution in [1.29, 1.82) is 0 Å². The Morgan fingerprint density at radius 2 is 1.48 bits per heavy atom. The summed E-state index contributed by atoms with van der Waals surface area (Å²) in [7, 11) is 0. The van der Waals surface area contributed by atoms with Crippen LogP contribution in [0.3, 0.4) is 0 Å². The average molecular weight is 389 g/mol. The van der Waals surface area contributed by atoms with Gasteiger partial charge in [-0.15, -0.1) is 0 Å². The van der Waals surface area contributed by atoms with E-state index in [2.05, 4.69) is 47.6 Å². The summed E-state index contributed by atoms with van der Waals surface area (Å²) in [6.07, 6.45) is 0. The Kier molecular flexibility index (Phi) is 4.91. The Hall–Kier alpha value is -1.82. The number of thioether (sulfide) groups is 1. The van der Waals surface area contributed by atoms with E-state index in [0.717, 1.165) is 22.9 Å². The van der Waals surface area contributed by atoms with Crippen LogP contribution in [0.1, 0.15) is 63.0 Å². The van der Waals surface area contributed by atoms with E-state index in [1.54, 1.807) is 4.90 Å². The van der Waals surface area contributed by atoms with E-state index in [-0.39, 0.29) is 39.7 Å². The summed E-state index contributed by atoms with van der Waals surface area (Å²) in [5, 5.41) is -0.193. The molecule has 2 heterocycles. The zero-order chi connectivity index (χ0) is 20.1. The zero-order valence-corrected chi connectivity index (χ0v) is 17.8. The Morgan fingerprint density at radius 1 is 0.963 bits per heavy atom. The Bertz CT molecular complexity index is 750. The number of benzene rings is 1. The number of hydrogen-bond donors (Lipinski definition) is 0. The molecule has 0 spiro atoms. The second kappa shape index (κ2) is 6.66. The molecular weight excluding hydrogens is 360 g/mol. The van der Waals surface area contributed by atoms with Gasteiger partial charge in [0.1, 0.15) is 0 Å². The van der Waals surface area contributed by atoms with Crippen molar-refractivity contribution < 1.29 is 14.4 Å². The molecule has 3 rings (SSSR count). The lowest BCUT2D eigenvalue weighted by Crippen LogP contribution is -2.62. The lowest BCUT2D eigenvalue weighted by molar-refractivity contribution is -0.128. The number of imide groups is 1. The van der Waals surface area contributed by atoms with Gasteiger partial charge >= 0.3 is 0 Å². The molecule has 0 radical (unpaired) electrons. The first-order chi connectivity index (χ1) is 12.4. The summed E-state index contributed by atoms with van der Waals surface area (Å²) in [6, 6.07) is 5.96. The van der Waals surface area contributed by atoms with Crippen LogP contribution in [0, 0.1) is 0 Å². The van der Waals surface area contributed by atoms with Crippen LogP contribution in [-0.4, -0.2) is 51.7 Å². The molecule has 2 fully saturated rings. The third-order valence-electron chi connectivity index (χ3n) is 5.21. The SMILES string of the molecule is CC(C)(C)c1cc(C(=O)N2CC(N3C(=O)CSC3=O)C2)cc(C(C)(C)C)c1. The summed E-state index contributed by atoms with van der Waals surface area (Å²) < 4.78 is 0. The predicted molar refractivity (Wildman–Crippen MR) is 108 cm³/mol. The van der Waals surface area contributed by atoms with Gasteiger partial charge in [-0.2, -0.15) is 0 Å². The summed E-state index contributed by atoms with van der Waals surface area (Å²) in [5.41, 5.74) is 2.84. The van der Waals surface area contributed by atoms with Crippen LogP contribution in [0.15, 0.2) is 18.2 Å². The van der Waals surface area contributed by atoms with Gasteiger partial charge in [0.05, 0.1) is 11.8 Å². The highest BCUT2D eigenvalue weighted by molar-refractivity contribution is 8.14. The molecule has 6 heteroatoms. The maximum atomic E-state index is 13.0. The summed E-state index contributed by atoms with van der Waals surface area (Å²) in [6.45, 7) is 13.7. The van der Waals surface area contributed by atoms with Gasteiger partial charge in [-0.25, -0.2) is 0 Å². The van der Waals surface area contributed by atoms with Gasteiger partial charge < -0.3 is 4.90 Å². The molecule has 0 atom stereocenters. The smallest absolute Gasteiger partial charge is 0.289 e. The third-order valence-corrected chi connectivity index (χ3v) is 6.05. The van der Waals surface area contributed by atoms with E-state index in [4.69, 9.17) is 0 Å². The molecule has 0 aromatic heterocycles. The van der Waals surface area contributed by atoms with Gasteiger partial charge in [0.2, 0.25) is 5.91 Å². The summed E-state index contributed by atoms with van der Waals surface area (Å²) in [4.78, 5) is 39.8. The van der Waals surface area contributed by atoms with Crippen LogP contribution in [-0.2, 0) is 15.6 Å². The van der Waals surface area contributed by atoms with Crippen LogP contribution in [0.25, 0.3) is 0 Å². The van der Waals surface area contributed by atoms with Crippen molar-refractivity contribution in [3.8, 4) is 0 Å². The van der Waals surface area contributed by atoms with Crippen molar-refractivity contribution in [3.63, 3.8) is 0 Å². The number of hydrogen-bond acceptors (Lipinski definition) is 4. The maximum absolute atomic E-state index is 13.0. The van der Waals surface area contributed by atoms with Crippen molar-refractivity contribution in [2.45, 2.75) is 58.4 Å². The molecule has 3 amide bonds. The van der Waals surface area contributed by atoms with Crippen molar-refractivity contribution in [3.05, 3.63) is 34.9 Å². The fourth-order valence-corrected chi connectivity index (χ4v) is 4.08. The van der Waals surface area contributed by atoms with Crippen LogP contribution in [0.4, 0.5) is 4.79 Å². The summed E-state index contributed by atoms with van der Waals surface area (Å²) >= 11 is 1.04. The first-order valence-electron chi connectivity index (χ1n) is 9.32. The molecule has 5 nitrogen and oxygen atoms in total. The highest BCUT2D eigenvalue weighted by Gasteiger charge is 2.43. The van der Waals surface area contributed by atoms with E-state index in [9.17, 15) is 14.4 Å². The lowest BCUT2D eigenvalue weighted by atomic mass is 9.79. The third kappa shape index (κ3) is 3.91. The number of likely N-dealkylation sites (tertiary alicyclic amines) is 1. The van der Waals surface area contributed by atoms with Gasteiger partial charge in [-0.05, 0) is 34.1 Å². The minimum absolute atomic E-state index is 0.0328. The number of nitrogens with zero attached hydrogens (tertiary/aromatic N) is 2. The first-order valence-corrected chi connectivity index (χ1v) is 10.3. The first kappa shape index (κ1) is 19.9. The molecular formula is C21H28N2O3S. The predicted octanol–water partition coefficient (Wildman–Crippen LogP) is 3.80. The van der Waals surface area contributed by atoms with E-state index < -0.39 is 0 Å². The highest BCUT2D eigenvalue weighted by atomic mass is 32.2. The maximum Gasteiger partial charge on any atom is 0.289 e. The number of amides is 3. The van der Waals surface area contributed by atoms with Crippen molar-refractivity contribution >= 4 is 28.8 Å². The molecule has 0 aliphatic carbocycles. The monoisotopic (exact) mass is 388 g/mol. The standard InChI is InChI=1S/C21H28N2O3S/c1-20(2,3)14-7-13(8-15(9-14)21(4,5)6)18(25)22-10-16(11-22)23-17(24)12-27-19(23)26/h7-9,16H,10-12H2,1-6H3. The van der Waals surface area contributed by atoms with E-state index >= 15 is 0 Å². The minimum atomic E-state index is -0.193. The van der Waals surface area contributed by atoms with Crippen molar-refractivity contribution in [2.24, 2.45) is 0 Å². The van der Waals surface area contributed by atoms with Crippen LogP contribution < -0.4 is 0 Å². The summed E-state index contributed by atoms with van der Waals surface area (Å²) in [5.74, 6) is 0.0349. The zero-order valence-electron chi connectivity index (χ0n) is 17.0. The largest absolute Gasteiger partial charge is 0.334 e. The normalized spacial score (nSPS) is 18.9. The molecule has 0 N–H and O–H groups in total. The lowest BCUT2D eigenvalue weighted by Gasteiger charge is -2.42. The minimum Gasteiger partial charge on any atom is -0.334 e.